The van der Waals surface area contributed by atoms with Crippen LogP contribution in [0.1, 0.15) is 39.5 Å². The lowest BCUT2D eigenvalue weighted by Crippen LogP contribution is -2.28. The topological polar surface area (TPSA) is 46.5 Å². The standard InChI is InChI=1S/C10H18O3/c1-3-8-5-4-6-9(8)13-7(2)10(11)12/h7-9H,3-6H2,1-2H3,(H,11,12). The van der Waals surface area contributed by atoms with Crippen LogP contribution in [-0.4, -0.2) is 23.3 Å². The number of carboxylic acid groups (broad SMARTS) is 1. The Kier molecular flexibility index (Phi) is 3.72. The maximum atomic E-state index is 10.6. The Morgan fingerprint density at radius 2 is 2.31 bits per heavy atom. The molecule has 0 heterocycles. The predicted octanol–water partition coefficient (Wildman–Crippen LogP) is 2.05. The van der Waals surface area contributed by atoms with E-state index in [2.05, 4.69) is 6.92 Å². The molecule has 1 aliphatic carbocycles. The summed E-state index contributed by atoms with van der Waals surface area (Å²) in [5, 5.41) is 8.68. The Morgan fingerprint density at radius 3 is 2.85 bits per heavy atom. The van der Waals surface area contributed by atoms with Crippen molar-refractivity contribution in [2.75, 3.05) is 0 Å². The second kappa shape index (κ2) is 4.61. The van der Waals surface area contributed by atoms with Gasteiger partial charge in [0, 0.05) is 0 Å². The molecule has 0 aromatic carbocycles. The molecule has 1 saturated carbocycles. The fourth-order valence-electron chi connectivity index (χ4n) is 1.97. The number of hydrogen-bond donors (Lipinski definition) is 1. The molecule has 0 aromatic rings. The Morgan fingerprint density at radius 1 is 1.62 bits per heavy atom. The third kappa shape index (κ3) is 2.69. The van der Waals surface area contributed by atoms with Gasteiger partial charge in [-0.05, 0) is 25.7 Å². The van der Waals surface area contributed by atoms with E-state index in [0.29, 0.717) is 5.92 Å². The van der Waals surface area contributed by atoms with Crippen LogP contribution in [0.5, 0.6) is 0 Å². The zero-order valence-electron chi connectivity index (χ0n) is 8.32. The Balaban J connectivity index is 2.39. The predicted molar refractivity (Wildman–Crippen MR) is 49.6 cm³/mol. The van der Waals surface area contributed by atoms with E-state index in [1.54, 1.807) is 6.92 Å². The van der Waals surface area contributed by atoms with Crippen molar-refractivity contribution in [1.82, 2.24) is 0 Å². The summed E-state index contributed by atoms with van der Waals surface area (Å²) >= 11 is 0. The molecule has 3 nitrogen and oxygen atoms in total. The monoisotopic (exact) mass is 186 g/mol. The summed E-state index contributed by atoms with van der Waals surface area (Å²) in [5.41, 5.74) is 0. The first-order valence-corrected chi connectivity index (χ1v) is 5.03. The van der Waals surface area contributed by atoms with Gasteiger partial charge in [-0.2, -0.15) is 0 Å². The minimum Gasteiger partial charge on any atom is -0.479 e. The van der Waals surface area contributed by atoms with Gasteiger partial charge >= 0.3 is 5.97 Å². The highest BCUT2D eigenvalue weighted by Gasteiger charge is 2.29. The fourth-order valence-corrected chi connectivity index (χ4v) is 1.97. The lowest BCUT2D eigenvalue weighted by atomic mass is 10.0. The van der Waals surface area contributed by atoms with Gasteiger partial charge in [0.2, 0.25) is 0 Å². The average Bonchev–Trinajstić information content (AvgIpc) is 2.51. The van der Waals surface area contributed by atoms with Crippen LogP contribution in [0.2, 0.25) is 0 Å². The van der Waals surface area contributed by atoms with Gasteiger partial charge in [0.25, 0.3) is 0 Å². The van der Waals surface area contributed by atoms with Crippen LogP contribution in [0.15, 0.2) is 0 Å². The molecule has 1 N–H and O–H groups in total. The summed E-state index contributed by atoms with van der Waals surface area (Å²) in [5.74, 6) is -0.288. The average molecular weight is 186 g/mol. The van der Waals surface area contributed by atoms with Crippen molar-refractivity contribution in [2.24, 2.45) is 5.92 Å². The van der Waals surface area contributed by atoms with Gasteiger partial charge in [0.05, 0.1) is 6.10 Å². The second-order valence-corrected chi connectivity index (χ2v) is 3.75. The van der Waals surface area contributed by atoms with Gasteiger partial charge in [0.1, 0.15) is 0 Å². The number of hydrogen-bond acceptors (Lipinski definition) is 2. The molecule has 3 atom stereocenters. The van der Waals surface area contributed by atoms with Gasteiger partial charge < -0.3 is 9.84 Å². The molecular formula is C10H18O3. The van der Waals surface area contributed by atoms with Crippen LogP contribution in [-0.2, 0) is 9.53 Å². The first-order chi connectivity index (χ1) is 6.15. The molecule has 0 amide bonds. The SMILES string of the molecule is CCC1CCCC1OC(C)C(=O)O. The van der Waals surface area contributed by atoms with E-state index < -0.39 is 12.1 Å². The summed E-state index contributed by atoms with van der Waals surface area (Å²) in [6.07, 6.45) is 4.00. The van der Waals surface area contributed by atoms with E-state index in [0.717, 1.165) is 12.8 Å². The summed E-state index contributed by atoms with van der Waals surface area (Å²) in [6.45, 7) is 3.74. The molecule has 0 aliphatic heterocycles. The normalized spacial score (nSPS) is 30.3. The van der Waals surface area contributed by atoms with Gasteiger partial charge in [-0.1, -0.05) is 19.8 Å². The van der Waals surface area contributed by atoms with Gasteiger partial charge in [0.15, 0.2) is 6.10 Å². The molecule has 0 saturated heterocycles. The van der Waals surface area contributed by atoms with E-state index in [1.807, 2.05) is 0 Å². The summed E-state index contributed by atoms with van der Waals surface area (Å²) in [7, 11) is 0. The van der Waals surface area contributed by atoms with Crippen molar-refractivity contribution < 1.29 is 14.6 Å². The zero-order chi connectivity index (χ0) is 9.84. The van der Waals surface area contributed by atoms with Crippen molar-refractivity contribution in [1.29, 1.82) is 0 Å². The molecule has 0 radical (unpaired) electrons. The largest absolute Gasteiger partial charge is 0.479 e. The smallest absolute Gasteiger partial charge is 0.332 e. The zero-order valence-corrected chi connectivity index (χ0v) is 8.32. The summed E-state index contributed by atoms with van der Waals surface area (Å²) in [4.78, 5) is 10.6. The molecule has 0 aromatic heterocycles. The van der Waals surface area contributed by atoms with Crippen LogP contribution in [0, 0.1) is 5.92 Å². The van der Waals surface area contributed by atoms with Gasteiger partial charge in [-0.3, -0.25) is 0 Å². The molecule has 1 fully saturated rings. The third-order valence-corrected chi connectivity index (χ3v) is 2.84. The first-order valence-electron chi connectivity index (χ1n) is 5.03. The Labute approximate surface area is 79.1 Å². The van der Waals surface area contributed by atoms with Crippen LogP contribution in [0.4, 0.5) is 0 Å². The molecule has 76 valence electrons. The molecular weight excluding hydrogens is 168 g/mol. The van der Waals surface area contributed by atoms with E-state index in [9.17, 15) is 4.79 Å². The van der Waals surface area contributed by atoms with Crippen LogP contribution >= 0.6 is 0 Å². The Hall–Kier alpha value is -0.570. The fraction of sp³-hybridized carbons (Fsp3) is 0.900. The van der Waals surface area contributed by atoms with Crippen molar-refractivity contribution >= 4 is 5.97 Å². The van der Waals surface area contributed by atoms with E-state index in [-0.39, 0.29) is 6.10 Å². The number of aliphatic carboxylic acids is 1. The van der Waals surface area contributed by atoms with E-state index in [4.69, 9.17) is 9.84 Å². The molecule has 1 rings (SSSR count). The minimum atomic E-state index is -0.859. The molecule has 13 heavy (non-hydrogen) atoms. The second-order valence-electron chi connectivity index (χ2n) is 3.75. The Bertz CT molecular complexity index is 179. The maximum absolute atomic E-state index is 10.6. The quantitative estimate of drug-likeness (QED) is 0.731. The molecule has 0 bridgehead atoms. The number of ether oxygens (including phenoxy) is 1. The van der Waals surface area contributed by atoms with Crippen molar-refractivity contribution in [3.8, 4) is 0 Å². The number of carbonyl (C=O) groups is 1. The molecule has 1 aliphatic rings. The van der Waals surface area contributed by atoms with E-state index in [1.165, 1.54) is 12.8 Å². The highest BCUT2D eigenvalue weighted by Crippen LogP contribution is 2.31. The van der Waals surface area contributed by atoms with Crippen molar-refractivity contribution in [2.45, 2.75) is 51.7 Å². The van der Waals surface area contributed by atoms with Crippen LogP contribution in [0.25, 0.3) is 0 Å². The van der Waals surface area contributed by atoms with Gasteiger partial charge in [-0.25, -0.2) is 4.79 Å². The van der Waals surface area contributed by atoms with Gasteiger partial charge in [-0.15, -0.1) is 0 Å². The van der Waals surface area contributed by atoms with Crippen LogP contribution in [0.3, 0.4) is 0 Å². The summed E-state index contributed by atoms with van der Waals surface area (Å²) < 4.78 is 5.48. The number of carboxylic acids is 1. The minimum absolute atomic E-state index is 0.177. The van der Waals surface area contributed by atoms with Crippen LogP contribution < -0.4 is 0 Å². The number of rotatable bonds is 4. The maximum Gasteiger partial charge on any atom is 0.332 e. The van der Waals surface area contributed by atoms with E-state index >= 15 is 0 Å². The molecule has 0 spiro atoms. The van der Waals surface area contributed by atoms with Crippen molar-refractivity contribution in [3.05, 3.63) is 0 Å². The lowest BCUT2D eigenvalue weighted by Gasteiger charge is -2.20. The first kappa shape index (κ1) is 10.5. The highest BCUT2D eigenvalue weighted by atomic mass is 16.5. The summed E-state index contributed by atoms with van der Waals surface area (Å²) in [6, 6.07) is 0. The molecule has 3 heteroatoms. The lowest BCUT2D eigenvalue weighted by molar-refractivity contribution is -0.154. The highest BCUT2D eigenvalue weighted by molar-refractivity contribution is 5.71. The van der Waals surface area contributed by atoms with Crippen molar-refractivity contribution in [3.63, 3.8) is 0 Å². The molecule has 3 unspecified atom stereocenters. The third-order valence-electron chi connectivity index (χ3n) is 2.84.